The van der Waals surface area contributed by atoms with Crippen molar-refractivity contribution < 1.29 is 9.53 Å². The second-order valence-electron chi connectivity index (χ2n) is 7.73. The summed E-state index contributed by atoms with van der Waals surface area (Å²) in [5, 5.41) is 3.83. The van der Waals surface area contributed by atoms with Gasteiger partial charge in [0.15, 0.2) is 0 Å². The summed E-state index contributed by atoms with van der Waals surface area (Å²) in [7, 11) is 0. The van der Waals surface area contributed by atoms with Crippen molar-refractivity contribution in [3.05, 3.63) is 34.7 Å². The Kier molecular flexibility index (Phi) is 5.15. The van der Waals surface area contributed by atoms with Crippen LogP contribution in [-0.2, 0) is 4.74 Å². The van der Waals surface area contributed by atoms with Gasteiger partial charge in [0.1, 0.15) is 11.2 Å². The van der Waals surface area contributed by atoms with E-state index in [9.17, 15) is 9.59 Å². The third kappa shape index (κ3) is 4.53. The van der Waals surface area contributed by atoms with E-state index in [0.29, 0.717) is 18.1 Å². The Morgan fingerprint density at radius 3 is 2.73 bits per heavy atom. The zero-order valence-corrected chi connectivity index (χ0v) is 15.5. The number of aromatic amines is 1. The molecule has 0 aliphatic carbocycles. The van der Waals surface area contributed by atoms with Crippen molar-refractivity contribution in [2.75, 3.05) is 24.5 Å². The van der Waals surface area contributed by atoms with Crippen LogP contribution in [0.3, 0.4) is 0 Å². The molecule has 0 spiro atoms. The van der Waals surface area contributed by atoms with Gasteiger partial charge in [0.05, 0.1) is 0 Å². The van der Waals surface area contributed by atoms with Crippen LogP contribution in [-0.4, -0.2) is 41.3 Å². The molecule has 0 radical (unpaired) electrons. The molecule has 7 heteroatoms. The van der Waals surface area contributed by atoms with Gasteiger partial charge in [-0.2, -0.15) is 0 Å². The number of alkyl carbamates (subject to hydrolysis) is 1. The maximum absolute atomic E-state index is 11.8. The van der Waals surface area contributed by atoms with Crippen molar-refractivity contribution in [1.29, 1.82) is 0 Å². The summed E-state index contributed by atoms with van der Waals surface area (Å²) in [6, 6.07) is 5.34. The van der Waals surface area contributed by atoms with Crippen LogP contribution in [0.5, 0.6) is 0 Å². The maximum atomic E-state index is 11.8. The topological polar surface area (TPSA) is 87.3 Å². The van der Waals surface area contributed by atoms with Crippen LogP contribution in [0, 0.1) is 5.92 Å². The highest BCUT2D eigenvalue weighted by atomic mass is 16.6. The van der Waals surface area contributed by atoms with Crippen LogP contribution < -0.4 is 15.8 Å². The minimum Gasteiger partial charge on any atom is -0.444 e. The summed E-state index contributed by atoms with van der Waals surface area (Å²) < 4.78 is 5.28. The number of H-pyrrole nitrogens is 1. The van der Waals surface area contributed by atoms with E-state index in [1.807, 2.05) is 32.9 Å². The number of fused-ring (bicyclic) bond motifs is 1. The number of carbonyl (C=O) groups is 1. The van der Waals surface area contributed by atoms with Crippen LogP contribution in [0.4, 0.5) is 10.5 Å². The lowest BCUT2D eigenvalue weighted by Crippen LogP contribution is -2.40. The minimum absolute atomic E-state index is 0.144. The number of rotatable bonds is 3. The molecule has 2 aromatic rings. The fraction of sp³-hybridized carbons (Fsp3) is 0.526. The van der Waals surface area contributed by atoms with E-state index in [0.717, 1.165) is 37.0 Å². The molecule has 1 amide bonds. The van der Waals surface area contributed by atoms with Gasteiger partial charge in [0.25, 0.3) is 0 Å². The number of nitrogens with zero attached hydrogens (tertiary/aromatic N) is 2. The van der Waals surface area contributed by atoms with Crippen molar-refractivity contribution in [2.24, 2.45) is 5.92 Å². The zero-order chi connectivity index (χ0) is 18.7. The van der Waals surface area contributed by atoms with Gasteiger partial charge >= 0.3 is 6.09 Å². The van der Waals surface area contributed by atoms with Gasteiger partial charge in [-0.05, 0) is 51.7 Å². The highest BCUT2D eigenvalue weighted by Crippen LogP contribution is 2.27. The first-order chi connectivity index (χ1) is 12.3. The Hall–Kier alpha value is -2.57. The predicted molar refractivity (Wildman–Crippen MR) is 102 cm³/mol. The molecule has 1 aliphatic heterocycles. The number of hydrogen-bond donors (Lipinski definition) is 2. The first-order valence-corrected chi connectivity index (χ1v) is 9.02. The molecular formula is C19H26N4O3. The van der Waals surface area contributed by atoms with Crippen LogP contribution in [0.2, 0.25) is 0 Å². The summed E-state index contributed by atoms with van der Waals surface area (Å²) in [5.41, 5.74) is 1.08. The molecule has 1 aliphatic rings. The number of carbonyl (C=O) groups excluding carboxylic acids is 1. The number of anilines is 1. The van der Waals surface area contributed by atoms with Gasteiger partial charge in [-0.1, -0.05) is 0 Å². The predicted octanol–water partition coefficient (Wildman–Crippen LogP) is 2.66. The van der Waals surface area contributed by atoms with E-state index in [2.05, 4.69) is 20.2 Å². The first kappa shape index (κ1) is 18.2. The lowest BCUT2D eigenvalue weighted by molar-refractivity contribution is 0.0517. The smallest absolute Gasteiger partial charge is 0.407 e. The molecule has 1 saturated heterocycles. The molecule has 3 rings (SSSR count). The Morgan fingerprint density at radius 1 is 1.31 bits per heavy atom. The van der Waals surface area contributed by atoms with Gasteiger partial charge in [0.2, 0.25) is 5.56 Å². The summed E-state index contributed by atoms with van der Waals surface area (Å²) in [6.45, 7) is 8.01. The van der Waals surface area contributed by atoms with Crippen molar-refractivity contribution in [2.45, 2.75) is 39.2 Å². The van der Waals surface area contributed by atoms with Crippen molar-refractivity contribution in [3.63, 3.8) is 0 Å². The third-order valence-electron chi connectivity index (χ3n) is 4.50. The highest BCUT2D eigenvalue weighted by molar-refractivity contribution is 5.89. The minimum atomic E-state index is -0.475. The fourth-order valence-corrected chi connectivity index (χ4v) is 3.24. The zero-order valence-electron chi connectivity index (χ0n) is 15.5. The Labute approximate surface area is 152 Å². The number of nitrogens with one attached hydrogen (secondary N) is 2. The molecule has 2 N–H and O–H groups in total. The average molecular weight is 358 g/mol. The number of hydrogen-bond acceptors (Lipinski definition) is 5. The van der Waals surface area contributed by atoms with Crippen LogP contribution in [0.1, 0.15) is 33.6 Å². The second-order valence-corrected chi connectivity index (χ2v) is 7.73. The largest absolute Gasteiger partial charge is 0.444 e. The van der Waals surface area contributed by atoms with E-state index in [-0.39, 0.29) is 11.7 Å². The van der Waals surface area contributed by atoms with Crippen LogP contribution >= 0.6 is 0 Å². The van der Waals surface area contributed by atoms with Crippen LogP contribution in [0.25, 0.3) is 11.0 Å². The quantitative estimate of drug-likeness (QED) is 0.881. The fourth-order valence-electron chi connectivity index (χ4n) is 3.24. The number of amides is 1. The average Bonchev–Trinajstić information content (AvgIpc) is 2.58. The van der Waals surface area contributed by atoms with E-state index in [1.165, 1.54) is 6.07 Å². The molecule has 0 bridgehead atoms. The Bertz CT molecular complexity index is 833. The number of piperidine rings is 1. The molecule has 7 nitrogen and oxygen atoms in total. The standard InChI is InChI=1S/C19H26N4O3/c1-19(2,3)26-18(25)21-12-13-7-10-23(11-8-13)15-6-9-20-17-14(15)4-5-16(24)22-17/h4-6,9,13H,7-8,10-12H2,1-3H3,(H,21,25)(H,20,22,24). The molecule has 140 valence electrons. The van der Waals surface area contributed by atoms with Gasteiger partial charge in [-0.3, -0.25) is 4.79 Å². The highest BCUT2D eigenvalue weighted by Gasteiger charge is 2.22. The summed E-state index contributed by atoms with van der Waals surface area (Å²) in [6.07, 6.45) is 3.35. The molecule has 1 fully saturated rings. The molecule has 0 saturated carbocycles. The molecule has 0 atom stereocenters. The summed E-state index contributed by atoms with van der Waals surface area (Å²) >= 11 is 0. The van der Waals surface area contributed by atoms with Gasteiger partial charge < -0.3 is 19.9 Å². The molecule has 0 aromatic carbocycles. The van der Waals surface area contributed by atoms with E-state index < -0.39 is 5.60 Å². The lowest BCUT2D eigenvalue weighted by atomic mass is 9.96. The summed E-state index contributed by atoms with van der Waals surface area (Å²) in [4.78, 5) is 32.6. The lowest BCUT2D eigenvalue weighted by Gasteiger charge is -2.34. The number of aromatic nitrogens is 2. The second kappa shape index (κ2) is 7.35. The Balaban J connectivity index is 1.58. The van der Waals surface area contributed by atoms with Crippen molar-refractivity contribution in [1.82, 2.24) is 15.3 Å². The molecular weight excluding hydrogens is 332 g/mol. The third-order valence-corrected chi connectivity index (χ3v) is 4.50. The van der Waals surface area contributed by atoms with Crippen LogP contribution in [0.15, 0.2) is 29.2 Å². The normalized spacial score (nSPS) is 15.9. The van der Waals surface area contributed by atoms with E-state index in [1.54, 1.807) is 6.20 Å². The Morgan fingerprint density at radius 2 is 2.04 bits per heavy atom. The molecule has 3 heterocycles. The van der Waals surface area contributed by atoms with E-state index >= 15 is 0 Å². The molecule has 0 unspecified atom stereocenters. The SMILES string of the molecule is CC(C)(C)OC(=O)NCC1CCN(c2ccnc3[nH]c(=O)ccc23)CC1. The molecule has 26 heavy (non-hydrogen) atoms. The van der Waals surface area contributed by atoms with Crippen molar-refractivity contribution >= 4 is 22.8 Å². The first-order valence-electron chi connectivity index (χ1n) is 9.02. The maximum Gasteiger partial charge on any atom is 0.407 e. The van der Waals surface area contributed by atoms with Crippen molar-refractivity contribution in [3.8, 4) is 0 Å². The van der Waals surface area contributed by atoms with Gasteiger partial charge in [-0.15, -0.1) is 0 Å². The molecule has 2 aromatic heterocycles. The van der Waals surface area contributed by atoms with Gasteiger partial charge in [0, 0.05) is 43.0 Å². The van der Waals surface area contributed by atoms with E-state index in [4.69, 9.17) is 4.74 Å². The summed E-state index contributed by atoms with van der Waals surface area (Å²) in [5.74, 6) is 0.437. The monoisotopic (exact) mass is 358 g/mol. The number of ether oxygens (including phenoxy) is 1. The number of pyridine rings is 2. The van der Waals surface area contributed by atoms with Gasteiger partial charge in [-0.25, -0.2) is 9.78 Å².